The molecule has 0 spiro atoms. The lowest BCUT2D eigenvalue weighted by Crippen LogP contribution is -2.27. The molecular weight excluding hydrogens is 345 g/mol. The molecule has 25 heavy (non-hydrogen) atoms. The summed E-state index contributed by atoms with van der Waals surface area (Å²) in [5, 5.41) is 5.67. The smallest absolute Gasteiger partial charge is 0.273 e. The molecule has 1 atom stereocenters. The van der Waals surface area contributed by atoms with Crippen LogP contribution in [0.3, 0.4) is 0 Å². The molecule has 0 saturated heterocycles. The maximum absolute atomic E-state index is 12.8. The number of benzene rings is 1. The topological polar surface area (TPSA) is 77.2 Å². The Bertz CT molecular complexity index is 860. The minimum absolute atomic E-state index is 0.0414. The number of carbonyl (C=O) groups is 1. The molecule has 8 heteroatoms. The second-order valence-electron chi connectivity index (χ2n) is 5.36. The zero-order valence-corrected chi connectivity index (χ0v) is 14.5. The third-order valence-corrected chi connectivity index (χ3v) is 4.18. The van der Waals surface area contributed by atoms with E-state index in [1.54, 1.807) is 0 Å². The Morgan fingerprint density at radius 1 is 1.36 bits per heavy atom. The Labute approximate surface area is 147 Å². The van der Waals surface area contributed by atoms with Gasteiger partial charge in [-0.3, -0.25) is 4.79 Å². The minimum Gasteiger partial charge on any atom is -0.484 e. The molecule has 0 aliphatic rings. The van der Waals surface area contributed by atoms with Gasteiger partial charge in [0.15, 0.2) is 12.3 Å². The number of thiazole rings is 1. The van der Waals surface area contributed by atoms with Gasteiger partial charge < -0.3 is 14.5 Å². The summed E-state index contributed by atoms with van der Waals surface area (Å²) in [6.07, 6.45) is 1.28. The quantitative estimate of drug-likeness (QED) is 0.725. The number of carbonyl (C=O) groups excluding carboxylic acids is 1. The van der Waals surface area contributed by atoms with Gasteiger partial charge in [-0.1, -0.05) is 0 Å². The van der Waals surface area contributed by atoms with Gasteiger partial charge >= 0.3 is 0 Å². The maximum atomic E-state index is 12.8. The minimum atomic E-state index is -0.352. The predicted octanol–water partition coefficient (Wildman–Crippen LogP) is 3.65. The molecule has 2 heterocycles. The number of oxazole rings is 1. The molecule has 0 saturated carbocycles. The third kappa shape index (κ3) is 4.42. The van der Waals surface area contributed by atoms with E-state index in [0.717, 1.165) is 10.7 Å². The van der Waals surface area contributed by atoms with E-state index in [1.165, 1.54) is 41.9 Å². The van der Waals surface area contributed by atoms with E-state index < -0.39 is 0 Å². The van der Waals surface area contributed by atoms with Crippen LogP contribution in [0.5, 0.6) is 5.75 Å². The van der Waals surface area contributed by atoms with Crippen molar-refractivity contribution < 1.29 is 18.3 Å². The lowest BCUT2D eigenvalue weighted by Gasteiger charge is -2.09. The van der Waals surface area contributed by atoms with E-state index in [-0.39, 0.29) is 36.0 Å². The molecule has 1 unspecified atom stereocenters. The third-order valence-electron chi connectivity index (χ3n) is 3.39. The SMILES string of the molecule is Cc1nc(C(C)NC(=O)c2coc(COc3ccc(F)cc3)n2)cs1. The summed E-state index contributed by atoms with van der Waals surface area (Å²) in [6, 6.07) is 5.37. The van der Waals surface area contributed by atoms with E-state index in [9.17, 15) is 9.18 Å². The lowest BCUT2D eigenvalue weighted by atomic mass is 10.2. The normalized spacial score (nSPS) is 12.0. The number of nitrogens with zero attached hydrogens (tertiary/aromatic N) is 2. The van der Waals surface area contributed by atoms with Gasteiger partial charge in [-0.05, 0) is 38.1 Å². The molecule has 0 aliphatic heterocycles. The second kappa shape index (κ2) is 7.43. The highest BCUT2D eigenvalue weighted by Gasteiger charge is 2.17. The van der Waals surface area contributed by atoms with Crippen LogP contribution < -0.4 is 10.1 Å². The van der Waals surface area contributed by atoms with Crippen LogP contribution >= 0.6 is 11.3 Å². The van der Waals surface area contributed by atoms with E-state index in [2.05, 4.69) is 15.3 Å². The first-order valence-electron chi connectivity index (χ1n) is 7.57. The van der Waals surface area contributed by atoms with Crippen LogP contribution in [0, 0.1) is 12.7 Å². The van der Waals surface area contributed by atoms with Gasteiger partial charge in [0.2, 0.25) is 5.89 Å². The number of amides is 1. The molecule has 1 N–H and O–H groups in total. The summed E-state index contributed by atoms with van der Waals surface area (Å²) in [5.41, 5.74) is 0.968. The number of rotatable bonds is 6. The van der Waals surface area contributed by atoms with Crippen LogP contribution in [0.2, 0.25) is 0 Å². The molecular formula is C17H16FN3O3S. The molecule has 130 valence electrons. The average molecular weight is 361 g/mol. The summed E-state index contributed by atoms with van der Waals surface area (Å²) in [6.45, 7) is 3.80. The van der Waals surface area contributed by atoms with Gasteiger partial charge in [0, 0.05) is 5.38 Å². The van der Waals surface area contributed by atoms with Gasteiger partial charge in [0.05, 0.1) is 16.7 Å². The Hall–Kier alpha value is -2.74. The first kappa shape index (κ1) is 17.1. The van der Waals surface area contributed by atoms with Crippen LogP contribution in [0.15, 0.2) is 40.3 Å². The highest BCUT2D eigenvalue weighted by atomic mass is 32.1. The van der Waals surface area contributed by atoms with Crippen LogP contribution in [0.1, 0.15) is 40.0 Å². The second-order valence-corrected chi connectivity index (χ2v) is 6.42. The highest BCUT2D eigenvalue weighted by molar-refractivity contribution is 7.09. The van der Waals surface area contributed by atoms with Gasteiger partial charge in [0.25, 0.3) is 5.91 Å². The van der Waals surface area contributed by atoms with E-state index >= 15 is 0 Å². The van der Waals surface area contributed by atoms with Crippen LogP contribution in [0.4, 0.5) is 4.39 Å². The van der Waals surface area contributed by atoms with Crippen molar-refractivity contribution in [3.05, 3.63) is 64.0 Å². The largest absolute Gasteiger partial charge is 0.484 e. The number of halogens is 1. The molecule has 3 aromatic rings. The van der Waals surface area contributed by atoms with Crippen molar-refractivity contribution in [2.24, 2.45) is 0 Å². The van der Waals surface area contributed by atoms with Crippen molar-refractivity contribution in [1.29, 1.82) is 0 Å². The summed E-state index contributed by atoms with van der Waals surface area (Å²) in [4.78, 5) is 20.7. The van der Waals surface area contributed by atoms with Crippen LogP contribution in [0.25, 0.3) is 0 Å². The molecule has 2 aromatic heterocycles. The van der Waals surface area contributed by atoms with Gasteiger partial charge in [-0.15, -0.1) is 11.3 Å². The van der Waals surface area contributed by atoms with Crippen molar-refractivity contribution >= 4 is 17.2 Å². The van der Waals surface area contributed by atoms with Gasteiger partial charge in [-0.25, -0.2) is 14.4 Å². The summed E-state index contributed by atoms with van der Waals surface area (Å²) in [5.74, 6) is 0.0477. The maximum Gasteiger partial charge on any atom is 0.273 e. The molecule has 0 bridgehead atoms. The number of aryl methyl sites for hydroxylation is 1. The molecule has 0 aliphatic carbocycles. The lowest BCUT2D eigenvalue weighted by molar-refractivity contribution is 0.0934. The first-order valence-corrected chi connectivity index (χ1v) is 8.45. The summed E-state index contributed by atoms with van der Waals surface area (Å²) < 4.78 is 23.5. The van der Waals surface area contributed by atoms with E-state index in [4.69, 9.17) is 9.15 Å². The Morgan fingerprint density at radius 3 is 2.80 bits per heavy atom. The summed E-state index contributed by atoms with van der Waals surface area (Å²) >= 11 is 1.53. The van der Waals surface area contributed by atoms with E-state index in [1.807, 2.05) is 19.2 Å². The number of nitrogens with one attached hydrogen (secondary N) is 1. The number of aromatic nitrogens is 2. The average Bonchev–Trinajstić information content (AvgIpc) is 3.23. The van der Waals surface area contributed by atoms with Crippen LogP contribution in [-0.2, 0) is 6.61 Å². The first-order chi connectivity index (χ1) is 12.0. The number of ether oxygens (including phenoxy) is 1. The van der Waals surface area contributed by atoms with Crippen molar-refractivity contribution in [3.8, 4) is 5.75 Å². The van der Waals surface area contributed by atoms with E-state index in [0.29, 0.717) is 5.75 Å². The highest BCUT2D eigenvalue weighted by Crippen LogP contribution is 2.17. The zero-order chi connectivity index (χ0) is 17.8. The molecule has 3 rings (SSSR count). The van der Waals surface area contributed by atoms with Gasteiger partial charge in [-0.2, -0.15) is 0 Å². The van der Waals surface area contributed by atoms with Crippen molar-refractivity contribution in [3.63, 3.8) is 0 Å². The monoisotopic (exact) mass is 361 g/mol. The van der Waals surface area contributed by atoms with Crippen molar-refractivity contribution in [2.45, 2.75) is 26.5 Å². The summed E-state index contributed by atoms with van der Waals surface area (Å²) in [7, 11) is 0. The predicted molar refractivity (Wildman–Crippen MR) is 90.0 cm³/mol. The van der Waals surface area contributed by atoms with Crippen LogP contribution in [-0.4, -0.2) is 15.9 Å². The molecule has 0 radical (unpaired) electrons. The fraction of sp³-hybridized carbons (Fsp3) is 0.235. The molecule has 1 aromatic carbocycles. The Balaban J connectivity index is 1.56. The fourth-order valence-electron chi connectivity index (χ4n) is 2.08. The molecule has 1 amide bonds. The molecule has 6 nitrogen and oxygen atoms in total. The molecule has 0 fully saturated rings. The van der Waals surface area contributed by atoms with Gasteiger partial charge in [0.1, 0.15) is 17.8 Å². The fourth-order valence-corrected chi connectivity index (χ4v) is 2.79. The number of hydrogen-bond acceptors (Lipinski definition) is 6. The standard InChI is InChI=1S/C17H16FN3O3S/c1-10(15-9-25-11(2)20-15)19-17(22)14-7-24-16(21-14)8-23-13-5-3-12(18)4-6-13/h3-7,9-10H,8H2,1-2H3,(H,19,22). The van der Waals surface area contributed by atoms with Crippen molar-refractivity contribution in [2.75, 3.05) is 0 Å². The number of hydrogen-bond donors (Lipinski definition) is 1. The zero-order valence-electron chi connectivity index (χ0n) is 13.7. The Morgan fingerprint density at radius 2 is 2.12 bits per heavy atom. The van der Waals surface area contributed by atoms with Crippen molar-refractivity contribution in [1.82, 2.24) is 15.3 Å². The Kier molecular flexibility index (Phi) is 5.08.